The average Bonchev–Trinajstić information content (AvgIpc) is 2.53. The van der Waals surface area contributed by atoms with Crippen molar-refractivity contribution < 1.29 is 19.4 Å². The number of rotatable bonds is 1. The molecule has 0 radical (unpaired) electrons. The first kappa shape index (κ1) is 15.8. The Morgan fingerprint density at radius 2 is 1.63 bits per heavy atom. The summed E-state index contributed by atoms with van der Waals surface area (Å²) in [6, 6.07) is 4.51. The van der Waals surface area contributed by atoms with Gasteiger partial charge in [-0.1, -0.05) is 0 Å². The molecule has 2 rings (SSSR count). The van der Waals surface area contributed by atoms with Gasteiger partial charge in [0.15, 0.2) is 0 Å². The molecule has 1 aliphatic rings. The van der Waals surface area contributed by atoms with Crippen LogP contribution in [0, 0.1) is 6.92 Å². The predicted octanol–water partition coefficient (Wildman–Crippen LogP) is 6.07. The van der Waals surface area contributed by atoms with Crippen LogP contribution in [0.3, 0.4) is 0 Å². The Bertz CT molecular complexity index is 551. The molecule has 19 heavy (non-hydrogen) atoms. The number of halogens is 2. The average molecular weight is 375 g/mol. The molecule has 0 N–H and O–H groups in total. The maximum atomic E-state index is 6.44. The van der Waals surface area contributed by atoms with Crippen molar-refractivity contribution in [3.05, 3.63) is 40.0 Å². The molecule has 103 valence electrons. The topological polar surface area (TPSA) is 0 Å². The second-order valence-corrected chi connectivity index (χ2v) is 15.3. The minimum absolute atomic E-state index is 0.149. The SMILES string of the molecule is CC1=C(C)[CH]([Zr]([Cl])[Cl])c2c(C)ccc(C(C)(C)C)c21. The van der Waals surface area contributed by atoms with Crippen LogP contribution in [0.15, 0.2) is 17.7 Å². The summed E-state index contributed by atoms with van der Waals surface area (Å²) in [5, 5.41) is 0. The summed E-state index contributed by atoms with van der Waals surface area (Å²) in [6.45, 7) is 13.4. The Hall–Kier alpha value is 0.423. The third-order valence-electron chi connectivity index (χ3n) is 4.18. The Kier molecular flexibility index (Phi) is 4.43. The molecule has 0 nitrogen and oxygen atoms in total. The molecule has 0 aromatic heterocycles. The molecule has 1 aliphatic carbocycles. The fraction of sp³-hybridized carbons (Fsp3) is 0.500. The molecule has 3 heteroatoms. The van der Waals surface area contributed by atoms with Crippen LogP contribution in [-0.4, -0.2) is 0 Å². The summed E-state index contributed by atoms with van der Waals surface area (Å²) in [4.78, 5) is 0. The Balaban J connectivity index is 2.79. The van der Waals surface area contributed by atoms with Gasteiger partial charge >= 0.3 is 133 Å². The van der Waals surface area contributed by atoms with Crippen molar-refractivity contribution >= 4 is 22.6 Å². The van der Waals surface area contributed by atoms with Gasteiger partial charge in [-0.05, 0) is 0 Å². The number of aryl methyl sites for hydroxylation is 1. The first-order valence-corrected chi connectivity index (χ1v) is 14.4. The van der Waals surface area contributed by atoms with Gasteiger partial charge < -0.3 is 0 Å². The molecule has 0 saturated carbocycles. The second kappa shape index (κ2) is 5.32. The maximum absolute atomic E-state index is 6.44. The molecule has 0 aliphatic heterocycles. The molecule has 1 atom stereocenters. The van der Waals surface area contributed by atoms with Crippen molar-refractivity contribution in [3.63, 3.8) is 0 Å². The first-order chi connectivity index (χ1) is 8.66. The van der Waals surface area contributed by atoms with Gasteiger partial charge in [-0.2, -0.15) is 0 Å². The fourth-order valence-electron chi connectivity index (χ4n) is 3.03. The van der Waals surface area contributed by atoms with E-state index in [1.807, 2.05) is 0 Å². The normalized spacial score (nSPS) is 18.8. The Morgan fingerprint density at radius 1 is 1.05 bits per heavy atom. The molecule has 0 spiro atoms. The number of allylic oxidation sites excluding steroid dienone is 2. The van der Waals surface area contributed by atoms with Crippen molar-refractivity contribution in [2.45, 2.75) is 50.6 Å². The number of hydrogen-bond acceptors (Lipinski definition) is 0. The van der Waals surface area contributed by atoms with Gasteiger partial charge in [-0.15, -0.1) is 0 Å². The fourth-order valence-corrected chi connectivity index (χ4v) is 9.04. The number of hydrogen-bond donors (Lipinski definition) is 0. The zero-order valence-corrected chi connectivity index (χ0v) is 16.5. The van der Waals surface area contributed by atoms with E-state index >= 15 is 0 Å². The van der Waals surface area contributed by atoms with Crippen LogP contribution < -0.4 is 0 Å². The Morgan fingerprint density at radius 3 is 2.11 bits per heavy atom. The third kappa shape index (κ3) is 2.64. The van der Waals surface area contributed by atoms with Gasteiger partial charge in [0.2, 0.25) is 0 Å². The van der Waals surface area contributed by atoms with Gasteiger partial charge in [-0.3, -0.25) is 0 Å². The van der Waals surface area contributed by atoms with Gasteiger partial charge in [0, 0.05) is 0 Å². The van der Waals surface area contributed by atoms with E-state index < -0.39 is 19.4 Å². The van der Waals surface area contributed by atoms with Crippen LogP contribution in [0.5, 0.6) is 0 Å². The third-order valence-corrected chi connectivity index (χ3v) is 9.61. The van der Waals surface area contributed by atoms with Crippen LogP contribution in [0.4, 0.5) is 0 Å². The summed E-state index contributed by atoms with van der Waals surface area (Å²) in [5.41, 5.74) is 8.54. The van der Waals surface area contributed by atoms with Crippen LogP contribution in [0.25, 0.3) is 5.57 Å². The quantitative estimate of drug-likeness (QED) is 0.559. The molecule has 0 bridgehead atoms. The van der Waals surface area contributed by atoms with E-state index in [1.165, 1.54) is 33.4 Å². The monoisotopic (exact) mass is 373 g/mol. The molecular formula is C16H21Cl2Zr. The zero-order valence-electron chi connectivity index (χ0n) is 12.5. The second-order valence-electron chi connectivity index (χ2n) is 6.50. The van der Waals surface area contributed by atoms with Crippen molar-refractivity contribution in [2.75, 3.05) is 0 Å². The van der Waals surface area contributed by atoms with E-state index in [4.69, 9.17) is 17.0 Å². The minimum atomic E-state index is -2.35. The van der Waals surface area contributed by atoms with Crippen LogP contribution in [0.1, 0.15) is 60.5 Å². The molecule has 0 saturated heterocycles. The molecule has 1 aromatic rings. The summed E-state index contributed by atoms with van der Waals surface area (Å²) >= 11 is -2.35. The van der Waals surface area contributed by atoms with Gasteiger partial charge in [0.25, 0.3) is 0 Å². The molecule has 0 amide bonds. The molecule has 1 unspecified atom stereocenters. The van der Waals surface area contributed by atoms with E-state index in [9.17, 15) is 0 Å². The number of benzene rings is 1. The molecule has 0 heterocycles. The molecular weight excluding hydrogens is 354 g/mol. The molecule has 1 aromatic carbocycles. The van der Waals surface area contributed by atoms with Crippen molar-refractivity contribution in [2.24, 2.45) is 0 Å². The van der Waals surface area contributed by atoms with Crippen molar-refractivity contribution in [3.8, 4) is 0 Å². The summed E-state index contributed by atoms with van der Waals surface area (Å²) in [6.07, 6.45) is 0. The summed E-state index contributed by atoms with van der Waals surface area (Å²) in [7, 11) is 12.9. The zero-order chi connectivity index (χ0) is 14.5. The molecule has 0 fully saturated rings. The standard InChI is InChI=1S/C16H21.2ClH.Zr/c1-10-7-8-14(16(4,5)6)15-12(3)11(2)9-13(10)15;;;/h7-9H,1-6H3;2*1H;/q;;;+2/p-2. The van der Waals surface area contributed by atoms with E-state index in [0.29, 0.717) is 3.63 Å². The van der Waals surface area contributed by atoms with Crippen LogP contribution in [0.2, 0.25) is 0 Å². The van der Waals surface area contributed by atoms with Gasteiger partial charge in [-0.25, -0.2) is 0 Å². The van der Waals surface area contributed by atoms with E-state index in [1.54, 1.807) is 0 Å². The predicted molar refractivity (Wildman–Crippen MR) is 82.6 cm³/mol. The summed E-state index contributed by atoms with van der Waals surface area (Å²) in [5.74, 6) is 0. The van der Waals surface area contributed by atoms with Crippen LogP contribution >= 0.6 is 17.0 Å². The van der Waals surface area contributed by atoms with E-state index in [0.717, 1.165) is 0 Å². The van der Waals surface area contributed by atoms with Crippen LogP contribution in [-0.2, 0) is 24.8 Å². The van der Waals surface area contributed by atoms with E-state index in [-0.39, 0.29) is 5.41 Å². The van der Waals surface area contributed by atoms with Crippen molar-refractivity contribution in [1.82, 2.24) is 0 Å². The van der Waals surface area contributed by atoms with Gasteiger partial charge in [0.1, 0.15) is 0 Å². The number of fused-ring (bicyclic) bond motifs is 1. The Labute approximate surface area is 132 Å². The van der Waals surface area contributed by atoms with Gasteiger partial charge in [0.05, 0.1) is 0 Å². The summed E-state index contributed by atoms with van der Waals surface area (Å²) < 4.78 is 0.336. The van der Waals surface area contributed by atoms with E-state index in [2.05, 4.69) is 53.7 Å². The first-order valence-electron chi connectivity index (χ1n) is 6.65. The van der Waals surface area contributed by atoms with Crippen molar-refractivity contribution in [1.29, 1.82) is 0 Å².